The standard InChI is InChI=1S/C15H22O3/c1-10-13-7-12(9-17)11(8-16)3-5-15(13,2)6-4-14(10)18/h7,11,16-17H,3-6,8-9H2,1-2H3. The third-order valence-electron chi connectivity index (χ3n) is 4.68. The summed E-state index contributed by atoms with van der Waals surface area (Å²) in [4.78, 5) is 11.9. The predicted molar refractivity (Wildman–Crippen MR) is 70.0 cm³/mol. The zero-order chi connectivity index (χ0) is 13.3. The average Bonchev–Trinajstić information content (AvgIpc) is 2.51. The number of allylic oxidation sites excluding steroid dienone is 3. The Bertz CT molecular complexity index is 419. The highest BCUT2D eigenvalue weighted by Gasteiger charge is 2.37. The van der Waals surface area contributed by atoms with E-state index in [1.54, 1.807) is 0 Å². The van der Waals surface area contributed by atoms with Gasteiger partial charge in [0.1, 0.15) is 0 Å². The molecule has 0 amide bonds. The van der Waals surface area contributed by atoms with Crippen molar-refractivity contribution in [2.24, 2.45) is 11.3 Å². The molecule has 2 atom stereocenters. The van der Waals surface area contributed by atoms with Gasteiger partial charge in [-0.25, -0.2) is 0 Å². The van der Waals surface area contributed by atoms with Gasteiger partial charge in [-0.2, -0.15) is 0 Å². The summed E-state index contributed by atoms with van der Waals surface area (Å²) in [6.45, 7) is 4.12. The molecule has 2 rings (SSSR count). The van der Waals surface area contributed by atoms with E-state index in [9.17, 15) is 15.0 Å². The molecule has 0 heterocycles. The fourth-order valence-corrected chi connectivity index (χ4v) is 3.22. The Hall–Kier alpha value is -0.930. The second-order valence-corrected chi connectivity index (χ2v) is 5.82. The van der Waals surface area contributed by atoms with Crippen LogP contribution in [0.4, 0.5) is 0 Å². The number of rotatable bonds is 2. The summed E-state index contributed by atoms with van der Waals surface area (Å²) in [5, 5.41) is 18.9. The van der Waals surface area contributed by atoms with E-state index in [2.05, 4.69) is 6.92 Å². The van der Waals surface area contributed by atoms with Crippen molar-refractivity contribution in [2.75, 3.05) is 13.2 Å². The van der Waals surface area contributed by atoms with E-state index in [1.807, 2.05) is 13.0 Å². The van der Waals surface area contributed by atoms with Gasteiger partial charge in [0.05, 0.1) is 6.61 Å². The minimum Gasteiger partial charge on any atom is -0.396 e. The van der Waals surface area contributed by atoms with Crippen molar-refractivity contribution in [3.8, 4) is 0 Å². The van der Waals surface area contributed by atoms with Crippen molar-refractivity contribution in [3.63, 3.8) is 0 Å². The lowest BCUT2D eigenvalue weighted by Crippen LogP contribution is -2.27. The van der Waals surface area contributed by atoms with E-state index in [0.717, 1.165) is 36.0 Å². The minimum absolute atomic E-state index is 0.0301. The van der Waals surface area contributed by atoms with Gasteiger partial charge < -0.3 is 10.2 Å². The van der Waals surface area contributed by atoms with Crippen LogP contribution in [0.1, 0.15) is 39.5 Å². The van der Waals surface area contributed by atoms with Crippen LogP contribution in [-0.2, 0) is 4.79 Å². The number of ketones is 1. The molecule has 3 nitrogen and oxygen atoms in total. The molecular weight excluding hydrogens is 228 g/mol. The van der Waals surface area contributed by atoms with E-state index < -0.39 is 0 Å². The molecule has 0 spiro atoms. The smallest absolute Gasteiger partial charge is 0.158 e. The molecule has 2 aliphatic carbocycles. The first kappa shape index (κ1) is 13.5. The Balaban J connectivity index is 2.50. The summed E-state index contributed by atoms with van der Waals surface area (Å²) in [7, 11) is 0. The van der Waals surface area contributed by atoms with Crippen LogP contribution in [0.15, 0.2) is 22.8 Å². The van der Waals surface area contributed by atoms with E-state index in [4.69, 9.17) is 0 Å². The quantitative estimate of drug-likeness (QED) is 0.788. The fourth-order valence-electron chi connectivity index (χ4n) is 3.22. The fraction of sp³-hybridized carbons (Fsp3) is 0.667. The van der Waals surface area contributed by atoms with Crippen molar-refractivity contribution < 1.29 is 15.0 Å². The van der Waals surface area contributed by atoms with Gasteiger partial charge in [-0.3, -0.25) is 4.79 Å². The first-order chi connectivity index (χ1) is 8.51. The molecule has 0 saturated heterocycles. The summed E-state index contributed by atoms with van der Waals surface area (Å²) in [5.41, 5.74) is 2.82. The largest absolute Gasteiger partial charge is 0.396 e. The van der Waals surface area contributed by atoms with Crippen LogP contribution in [0.3, 0.4) is 0 Å². The molecule has 0 aromatic carbocycles. The number of fused-ring (bicyclic) bond motifs is 1. The number of carbonyl (C=O) groups excluding carboxylic acids is 1. The summed E-state index contributed by atoms with van der Waals surface area (Å²) in [6.07, 6.45) is 5.33. The van der Waals surface area contributed by atoms with Gasteiger partial charge >= 0.3 is 0 Å². The minimum atomic E-state index is -0.0354. The Morgan fingerprint density at radius 2 is 2.11 bits per heavy atom. The number of aliphatic hydroxyl groups is 2. The van der Waals surface area contributed by atoms with E-state index in [0.29, 0.717) is 6.42 Å². The molecule has 18 heavy (non-hydrogen) atoms. The molecule has 0 aromatic heterocycles. The Labute approximate surface area is 108 Å². The van der Waals surface area contributed by atoms with Gasteiger partial charge in [0.2, 0.25) is 0 Å². The first-order valence-electron chi connectivity index (χ1n) is 6.68. The van der Waals surface area contributed by atoms with Crippen LogP contribution in [0, 0.1) is 11.3 Å². The van der Waals surface area contributed by atoms with Gasteiger partial charge in [-0.1, -0.05) is 13.0 Å². The molecule has 2 N–H and O–H groups in total. The monoisotopic (exact) mass is 250 g/mol. The number of Topliss-reactive ketones (excluding diaryl/α,β-unsaturated/α-hetero) is 1. The molecule has 2 unspecified atom stereocenters. The maximum Gasteiger partial charge on any atom is 0.158 e. The number of hydrogen-bond donors (Lipinski definition) is 2. The number of aliphatic hydroxyl groups excluding tert-OH is 2. The zero-order valence-electron chi connectivity index (χ0n) is 11.2. The predicted octanol–water partition coefficient (Wildman–Crippen LogP) is 1.99. The molecular formula is C15H22O3. The van der Waals surface area contributed by atoms with E-state index >= 15 is 0 Å². The third-order valence-corrected chi connectivity index (χ3v) is 4.68. The highest BCUT2D eigenvalue weighted by atomic mass is 16.3. The lowest BCUT2D eigenvalue weighted by molar-refractivity contribution is -0.116. The van der Waals surface area contributed by atoms with Crippen molar-refractivity contribution in [1.82, 2.24) is 0 Å². The van der Waals surface area contributed by atoms with Crippen molar-refractivity contribution >= 4 is 5.78 Å². The maximum absolute atomic E-state index is 11.9. The van der Waals surface area contributed by atoms with Gasteiger partial charge in [-0.05, 0) is 48.3 Å². The Morgan fingerprint density at radius 3 is 2.72 bits per heavy atom. The molecule has 0 aliphatic heterocycles. The average molecular weight is 250 g/mol. The van der Waals surface area contributed by atoms with Crippen molar-refractivity contribution in [3.05, 3.63) is 22.8 Å². The molecule has 0 fully saturated rings. The number of hydrogen-bond acceptors (Lipinski definition) is 3. The highest BCUT2D eigenvalue weighted by molar-refractivity contribution is 5.97. The Kier molecular flexibility index (Phi) is 3.74. The lowest BCUT2D eigenvalue weighted by atomic mass is 9.69. The molecule has 0 saturated carbocycles. The zero-order valence-corrected chi connectivity index (χ0v) is 11.2. The van der Waals surface area contributed by atoms with Gasteiger partial charge in [0.25, 0.3) is 0 Å². The summed E-state index contributed by atoms with van der Waals surface area (Å²) < 4.78 is 0. The molecule has 2 aliphatic rings. The van der Waals surface area contributed by atoms with Crippen LogP contribution >= 0.6 is 0 Å². The van der Waals surface area contributed by atoms with Crippen LogP contribution in [0.25, 0.3) is 0 Å². The Morgan fingerprint density at radius 1 is 1.39 bits per heavy atom. The maximum atomic E-state index is 11.9. The normalized spacial score (nSPS) is 33.0. The second kappa shape index (κ2) is 4.98. The van der Waals surface area contributed by atoms with Crippen LogP contribution in [0.5, 0.6) is 0 Å². The highest BCUT2D eigenvalue weighted by Crippen LogP contribution is 2.47. The van der Waals surface area contributed by atoms with Crippen molar-refractivity contribution in [2.45, 2.75) is 39.5 Å². The van der Waals surface area contributed by atoms with E-state index in [1.165, 1.54) is 0 Å². The molecule has 0 aromatic rings. The van der Waals surface area contributed by atoms with Gasteiger partial charge in [-0.15, -0.1) is 0 Å². The topological polar surface area (TPSA) is 57.5 Å². The lowest BCUT2D eigenvalue weighted by Gasteiger charge is -2.35. The van der Waals surface area contributed by atoms with Gasteiger partial charge in [0.15, 0.2) is 5.78 Å². The second-order valence-electron chi connectivity index (χ2n) is 5.82. The van der Waals surface area contributed by atoms with E-state index in [-0.39, 0.29) is 30.3 Å². The summed E-state index contributed by atoms with van der Waals surface area (Å²) in [6, 6.07) is 0. The number of carbonyl (C=O) groups is 1. The third kappa shape index (κ3) is 2.17. The molecule has 0 bridgehead atoms. The first-order valence-corrected chi connectivity index (χ1v) is 6.68. The van der Waals surface area contributed by atoms with Gasteiger partial charge in [0, 0.05) is 18.9 Å². The van der Waals surface area contributed by atoms with Crippen LogP contribution in [0.2, 0.25) is 0 Å². The molecule has 3 heteroatoms. The van der Waals surface area contributed by atoms with Crippen LogP contribution in [-0.4, -0.2) is 29.2 Å². The SMILES string of the molecule is CC1=C2C=C(CO)C(CO)CCC2(C)CCC1=O. The van der Waals surface area contributed by atoms with Crippen LogP contribution < -0.4 is 0 Å². The van der Waals surface area contributed by atoms with Crippen molar-refractivity contribution in [1.29, 1.82) is 0 Å². The molecule has 0 radical (unpaired) electrons. The molecule has 100 valence electrons. The summed E-state index contributed by atoms with van der Waals surface area (Å²) >= 11 is 0. The summed E-state index contributed by atoms with van der Waals surface area (Å²) in [5.74, 6) is 0.256.